The number of amides is 1. The molecule has 1 N–H and O–H groups in total. The molecule has 1 heterocycles. The molecule has 4 nitrogen and oxygen atoms in total. The molecule has 0 unspecified atom stereocenters. The van der Waals surface area contributed by atoms with Gasteiger partial charge in [0.25, 0.3) is 0 Å². The van der Waals surface area contributed by atoms with Gasteiger partial charge in [0.05, 0.1) is 18.5 Å². The Morgan fingerprint density at radius 1 is 1.86 bits per heavy atom. The van der Waals surface area contributed by atoms with Gasteiger partial charge in [-0.05, 0) is 0 Å². The number of nitrogens with one attached hydrogen (secondary N) is 1. The third-order valence-corrected chi connectivity index (χ3v) is 2.39. The zero-order valence-electron chi connectivity index (χ0n) is 7.86. The van der Waals surface area contributed by atoms with Gasteiger partial charge in [0.2, 0.25) is 5.91 Å². The lowest BCUT2D eigenvalue weighted by atomic mass is 10.6. The second-order valence-electron chi connectivity index (χ2n) is 2.62. The summed E-state index contributed by atoms with van der Waals surface area (Å²) in [5.74, 6) is 2.65. The van der Waals surface area contributed by atoms with Gasteiger partial charge in [-0.1, -0.05) is 5.92 Å². The van der Waals surface area contributed by atoms with E-state index in [2.05, 4.69) is 16.3 Å². The average molecular weight is 209 g/mol. The lowest BCUT2D eigenvalue weighted by molar-refractivity contribution is -0.118. The van der Waals surface area contributed by atoms with Crippen LogP contribution in [0.2, 0.25) is 0 Å². The smallest absolute Gasteiger partial charge is 0.231 e. The summed E-state index contributed by atoms with van der Waals surface area (Å²) in [6, 6.07) is 0. The first kappa shape index (κ1) is 10.7. The first-order valence-corrected chi connectivity index (χ1v) is 5.02. The van der Waals surface area contributed by atoms with Crippen molar-refractivity contribution in [1.29, 1.82) is 0 Å². The van der Waals surface area contributed by atoms with E-state index in [9.17, 15) is 4.79 Å². The number of hydrogen-bond acceptors (Lipinski definition) is 3. The predicted molar refractivity (Wildman–Crippen MR) is 55.8 cm³/mol. The molecule has 14 heavy (non-hydrogen) atoms. The molecule has 1 aromatic rings. The molecule has 1 amide bonds. The molecular weight excluding hydrogens is 198 g/mol. The Kier molecular flexibility index (Phi) is 4.08. The van der Waals surface area contributed by atoms with E-state index in [1.54, 1.807) is 10.9 Å². The third kappa shape index (κ3) is 3.54. The summed E-state index contributed by atoms with van der Waals surface area (Å²) >= 11 is 1.44. The van der Waals surface area contributed by atoms with E-state index >= 15 is 0 Å². The van der Waals surface area contributed by atoms with Crippen molar-refractivity contribution in [2.24, 2.45) is 7.05 Å². The summed E-state index contributed by atoms with van der Waals surface area (Å²) in [5, 5.41) is 6.57. The minimum Gasteiger partial charge on any atom is -0.344 e. The van der Waals surface area contributed by atoms with Crippen LogP contribution in [0.4, 0.5) is 0 Å². The Morgan fingerprint density at radius 3 is 3.21 bits per heavy atom. The first-order chi connectivity index (χ1) is 6.72. The maximum absolute atomic E-state index is 11.1. The molecule has 1 rings (SSSR count). The summed E-state index contributed by atoms with van der Waals surface area (Å²) < 4.78 is 1.70. The molecule has 0 radical (unpaired) electrons. The molecule has 0 aliphatic carbocycles. The number of nitrogens with zero attached hydrogens (tertiary/aromatic N) is 2. The zero-order valence-corrected chi connectivity index (χ0v) is 8.67. The molecule has 0 atom stereocenters. The number of carbonyl (C=O) groups excluding carboxylic acids is 1. The minimum atomic E-state index is -0.0585. The van der Waals surface area contributed by atoms with Gasteiger partial charge in [-0.3, -0.25) is 9.48 Å². The number of thioether (sulfide) groups is 1. The van der Waals surface area contributed by atoms with Crippen LogP contribution < -0.4 is 5.32 Å². The van der Waals surface area contributed by atoms with E-state index < -0.39 is 0 Å². The SMILES string of the molecule is C#CCNC(=O)CSc1cnn(C)c1. The minimum absolute atomic E-state index is 0.0585. The van der Waals surface area contributed by atoms with Gasteiger partial charge in [0.1, 0.15) is 0 Å². The molecule has 5 heteroatoms. The van der Waals surface area contributed by atoms with E-state index in [0.717, 1.165) is 4.90 Å². The molecule has 0 bridgehead atoms. The van der Waals surface area contributed by atoms with E-state index in [1.807, 2.05) is 13.2 Å². The Hall–Kier alpha value is -1.41. The maximum atomic E-state index is 11.1. The predicted octanol–water partition coefficient (Wildman–Crippen LogP) is 0.262. The highest BCUT2D eigenvalue weighted by molar-refractivity contribution is 8.00. The molecule has 0 aromatic carbocycles. The normalized spacial score (nSPS) is 9.43. The Labute approximate surface area is 87.1 Å². The highest BCUT2D eigenvalue weighted by Gasteiger charge is 2.02. The van der Waals surface area contributed by atoms with Crippen molar-refractivity contribution in [3.05, 3.63) is 12.4 Å². The van der Waals surface area contributed by atoms with E-state index in [0.29, 0.717) is 5.75 Å². The van der Waals surface area contributed by atoms with Gasteiger partial charge < -0.3 is 5.32 Å². The summed E-state index contributed by atoms with van der Waals surface area (Å²) in [7, 11) is 1.84. The van der Waals surface area contributed by atoms with Gasteiger partial charge in [-0.2, -0.15) is 5.10 Å². The highest BCUT2D eigenvalue weighted by Crippen LogP contribution is 2.15. The summed E-state index contributed by atoms with van der Waals surface area (Å²) in [4.78, 5) is 12.1. The van der Waals surface area contributed by atoms with E-state index in [1.165, 1.54) is 11.8 Å². The second-order valence-corrected chi connectivity index (χ2v) is 3.67. The van der Waals surface area contributed by atoms with Crippen molar-refractivity contribution in [3.63, 3.8) is 0 Å². The quantitative estimate of drug-likeness (QED) is 0.571. The molecule has 0 aliphatic rings. The van der Waals surface area contributed by atoms with E-state index in [-0.39, 0.29) is 12.5 Å². The van der Waals surface area contributed by atoms with Crippen molar-refractivity contribution >= 4 is 17.7 Å². The number of aromatic nitrogens is 2. The molecule has 0 aliphatic heterocycles. The van der Waals surface area contributed by atoms with Crippen LogP contribution in [0, 0.1) is 12.3 Å². The topological polar surface area (TPSA) is 46.9 Å². The van der Waals surface area contributed by atoms with Crippen LogP contribution in [0.1, 0.15) is 0 Å². The monoisotopic (exact) mass is 209 g/mol. The Balaban J connectivity index is 2.27. The average Bonchev–Trinajstić information content (AvgIpc) is 2.58. The summed E-state index contributed by atoms with van der Waals surface area (Å²) in [6.07, 6.45) is 8.58. The van der Waals surface area contributed by atoms with Crippen LogP contribution in [0.25, 0.3) is 0 Å². The molecular formula is C9H11N3OS. The first-order valence-electron chi connectivity index (χ1n) is 4.04. The zero-order chi connectivity index (χ0) is 10.4. The summed E-state index contributed by atoms with van der Waals surface area (Å²) in [6.45, 7) is 0.284. The van der Waals surface area contributed by atoms with Gasteiger partial charge in [-0.25, -0.2) is 0 Å². The van der Waals surface area contributed by atoms with Crippen molar-refractivity contribution in [2.75, 3.05) is 12.3 Å². The van der Waals surface area contributed by atoms with E-state index in [4.69, 9.17) is 6.42 Å². The fraction of sp³-hybridized carbons (Fsp3) is 0.333. The van der Waals surface area contributed by atoms with Crippen LogP contribution >= 0.6 is 11.8 Å². The number of hydrogen-bond donors (Lipinski definition) is 1. The van der Waals surface area contributed by atoms with Crippen molar-refractivity contribution in [3.8, 4) is 12.3 Å². The molecule has 0 saturated carbocycles. The summed E-state index contributed by atoms with van der Waals surface area (Å²) in [5.41, 5.74) is 0. The number of terminal acetylenes is 1. The Bertz CT molecular complexity index is 353. The standard InChI is InChI=1S/C9H11N3OS/c1-3-4-10-9(13)7-14-8-5-11-12(2)6-8/h1,5-6H,4,7H2,2H3,(H,10,13). The second kappa shape index (κ2) is 5.35. The Morgan fingerprint density at radius 2 is 2.64 bits per heavy atom. The number of carbonyl (C=O) groups is 1. The van der Waals surface area contributed by atoms with Crippen LogP contribution in [0.5, 0.6) is 0 Å². The molecule has 1 aromatic heterocycles. The number of rotatable bonds is 4. The van der Waals surface area contributed by atoms with Crippen LogP contribution in [-0.2, 0) is 11.8 Å². The fourth-order valence-corrected chi connectivity index (χ4v) is 1.57. The van der Waals surface area contributed by atoms with Gasteiger partial charge in [0.15, 0.2) is 0 Å². The lowest BCUT2D eigenvalue weighted by Gasteiger charge is -1.98. The highest BCUT2D eigenvalue weighted by atomic mass is 32.2. The van der Waals surface area contributed by atoms with Crippen LogP contribution in [-0.4, -0.2) is 28.0 Å². The van der Waals surface area contributed by atoms with Crippen LogP contribution in [0.3, 0.4) is 0 Å². The maximum Gasteiger partial charge on any atom is 0.231 e. The molecule has 0 fully saturated rings. The third-order valence-electron chi connectivity index (χ3n) is 1.44. The molecule has 0 saturated heterocycles. The van der Waals surface area contributed by atoms with Crippen molar-refractivity contribution < 1.29 is 4.79 Å². The number of aryl methyl sites for hydroxylation is 1. The van der Waals surface area contributed by atoms with Crippen molar-refractivity contribution in [2.45, 2.75) is 4.90 Å². The van der Waals surface area contributed by atoms with Gasteiger partial charge in [0, 0.05) is 18.1 Å². The molecule has 0 spiro atoms. The fourth-order valence-electron chi connectivity index (χ4n) is 0.823. The van der Waals surface area contributed by atoms with Gasteiger partial charge in [-0.15, -0.1) is 18.2 Å². The lowest BCUT2D eigenvalue weighted by Crippen LogP contribution is -2.25. The van der Waals surface area contributed by atoms with Crippen molar-refractivity contribution in [1.82, 2.24) is 15.1 Å². The van der Waals surface area contributed by atoms with Gasteiger partial charge >= 0.3 is 0 Å². The van der Waals surface area contributed by atoms with Crippen LogP contribution in [0.15, 0.2) is 17.3 Å². The molecule has 74 valence electrons. The largest absolute Gasteiger partial charge is 0.344 e.